The lowest BCUT2D eigenvalue weighted by molar-refractivity contribution is -0.147. The van der Waals surface area contributed by atoms with Crippen LogP contribution in [-0.4, -0.2) is 71.1 Å². The van der Waals surface area contributed by atoms with Crippen LogP contribution in [0.2, 0.25) is 0 Å². The van der Waals surface area contributed by atoms with Crippen LogP contribution in [0.15, 0.2) is 30.3 Å². The summed E-state index contributed by atoms with van der Waals surface area (Å²) in [6.07, 6.45) is 10.2. The van der Waals surface area contributed by atoms with Crippen molar-refractivity contribution in [2.75, 3.05) is 31.1 Å². The third kappa shape index (κ3) is 4.80. The topological polar surface area (TPSA) is 64.1 Å². The van der Waals surface area contributed by atoms with Crippen molar-refractivity contribution in [3.8, 4) is 0 Å². The Labute approximate surface area is 179 Å². The number of hydrogen-bond acceptors (Lipinski definition) is 4. The average molecular weight is 414 g/mol. The number of hydrogen-bond donors (Lipinski definition) is 1. The number of carbonyl (C=O) groups is 2. The molecule has 30 heavy (non-hydrogen) atoms. The molecule has 0 bridgehead atoms. The highest BCUT2D eigenvalue weighted by Gasteiger charge is 2.36. The van der Waals surface area contributed by atoms with Gasteiger partial charge in [0.15, 0.2) is 0 Å². The summed E-state index contributed by atoms with van der Waals surface area (Å²) in [7, 11) is 0. The second kappa shape index (κ2) is 9.82. The van der Waals surface area contributed by atoms with Gasteiger partial charge >= 0.3 is 5.97 Å². The molecule has 1 atom stereocenters. The Kier molecular flexibility index (Phi) is 6.93. The Morgan fingerprint density at radius 2 is 1.60 bits per heavy atom. The van der Waals surface area contributed by atoms with E-state index in [1.54, 1.807) is 4.90 Å². The number of aliphatic carboxylic acids is 1. The van der Waals surface area contributed by atoms with Crippen LogP contribution in [0, 0.1) is 0 Å². The Morgan fingerprint density at radius 3 is 2.27 bits per heavy atom. The van der Waals surface area contributed by atoms with E-state index in [9.17, 15) is 14.7 Å². The SMILES string of the molecule is O=C(O)[C@@H]1CCCN1C(=O)CN(c1ccccc1)C1CCN(C2CCCCC2)CC1. The summed E-state index contributed by atoms with van der Waals surface area (Å²) >= 11 is 0. The molecule has 1 aromatic carbocycles. The number of piperidine rings is 1. The first kappa shape index (κ1) is 21.2. The number of benzene rings is 1. The summed E-state index contributed by atoms with van der Waals surface area (Å²) in [5, 5.41) is 9.47. The molecule has 1 aromatic rings. The molecular weight excluding hydrogens is 378 g/mol. The number of nitrogens with zero attached hydrogens (tertiary/aromatic N) is 3. The number of para-hydroxylation sites is 1. The second-order valence-electron chi connectivity index (χ2n) is 9.11. The molecule has 1 aliphatic carbocycles. The molecule has 3 fully saturated rings. The van der Waals surface area contributed by atoms with E-state index in [0.717, 1.165) is 44.1 Å². The minimum Gasteiger partial charge on any atom is -0.480 e. The lowest BCUT2D eigenvalue weighted by Gasteiger charge is -2.43. The van der Waals surface area contributed by atoms with Crippen LogP contribution in [0.3, 0.4) is 0 Å². The van der Waals surface area contributed by atoms with Crippen molar-refractivity contribution < 1.29 is 14.7 Å². The van der Waals surface area contributed by atoms with E-state index >= 15 is 0 Å². The van der Waals surface area contributed by atoms with Gasteiger partial charge in [-0.3, -0.25) is 4.79 Å². The third-order valence-corrected chi connectivity index (χ3v) is 7.28. The van der Waals surface area contributed by atoms with Crippen molar-refractivity contribution in [3.63, 3.8) is 0 Å². The van der Waals surface area contributed by atoms with Gasteiger partial charge in [0.1, 0.15) is 6.04 Å². The lowest BCUT2D eigenvalue weighted by Crippen LogP contribution is -2.52. The fraction of sp³-hybridized carbons (Fsp3) is 0.667. The van der Waals surface area contributed by atoms with Gasteiger partial charge in [-0.25, -0.2) is 4.79 Å². The number of anilines is 1. The Hall–Kier alpha value is -2.08. The zero-order valence-electron chi connectivity index (χ0n) is 17.9. The molecule has 3 aliphatic rings. The van der Waals surface area contributed by atoms with Gasteiger partial charge in [-0.05, 0) is 50.7 Å². The number of carbonyl (C=O) groups excluding carboxylic acids is 1. The monoisotopic (exact) mass is 413 g/mol. The van der Waals surface area contributed by atoms with E-state index in [1.807, 2.05) is 18.2 Å². The molecule has 0 radical (unpaired) electrons. The van der Waals surface area contributed by atoms with Gasteiger partial charge in [0, 0.05) is 37.4 Å². The molecule has 6 nitrogen and oxygen atoms in total. The van der Waals surface area contributed by atoms with Gasteiger partial charge in [-0.15, -0.1) is 0 Å². The van der Waals surface area contributed by atoms with E-state index in [2.05, 4.69) is 21.9 Å². The van der Waals surface area contributed by atoms with Crippen LogP contribution in [0.1, 0.15) is 57.8 Å². The van der Waals surface area contributed by atoms with Gasteiger partial charge in [-0.1, -0.05) is 37.5 Å². The first-order chi connectivity index (χ1) is 14.6. The summed E-state index contributed by atoms with van der Waals surface area (Å²) in [4.78, 5) is 31.1. The van der Waals surface area contributed by atoms with Gasteiger partial charge in [0.2, 0.25) is 5.91 Å². The maximum atomic E-state index is 13.1. The second-order valence-corrected chi connectivity index (χ2v) is 9.11. The molecule has 2 aliphatic heterocycles. The molecule has 0 spiro atoms. The third-order valence-electron chi connectivity index (χ3n) is 7.28. The van der Waals surface area contributed by atoms with E-state index in [1.165, 1.54) is 32.1 Å². The fourth-order valence-electron chi connectivity index (χ4n) is 5.62. The molecule has 164 valence electrons. The Morgan fingerprint density at radius 1 is 0.900 bits per heavy atom. The van der Waals surface area contributed by atoms with Crippen LogP contribution >= 0.6 is 0 Å². The maximum Gasteiger partial charge on any atom is 0.326 e. The van der Waals surface area contributed by atoms with Crippen LogP contribution in [0.5, 0.6) is 0 Å². The molecular formula is C24H35N3O3. The van der Waals surface area contributed by atoms with E-state index in [-0.39, 0.29) is 12.5 Å². The fourth-order valence-corrected chi connectivity index (χ4v) is 5.62. The lowest BCUT2D eigenvalue weighted by atomic mass is 9.91. The summed E-state index contributed by atoms with van der Waals surface area (Å²) in [6.45, 7) is 3.00. The summed E-state index contributed by atoms with van der Waals surface area (Å²) in [5.74, 6) is -0.939. The molecule has 4 rings (SSSR count). The van der Waals surface area contributed by atoms with Crippen LogP contribution in [0.25, 0.3) is 0 Å². The number of carboxylic acid groups (broad SMARTS) is 1. The quantitative estimate of drug-likeness (QED) is 0.775. The van der Waals surface area contributed by atoms with E-state index < -0.39 is 12.0 Å². The minimum absolute atomic E-state index is 0.0570. The first-order valence-electron chi connectivity index (χ1n) is 11.7. The average Bonchev–Trinajstić information content (AvgIpc) is 3.29. The van der Waals surface area contributed by atoms with Crippen molar-refractivity contribution in [3.05, 3.63) is 30.3 Å². The molecule has 1 amide bonds. The van der Waals surface area contributed by atoms with Gasteiger partial charge < -0.3 is 19.8 Å². The smallest absolute Gasteiger partial charge is 0.326 e. The Bertz CT molecular complexity index is 712. The van der Waals surface area contributed by atoms with E-state index in [4.69, 9.17) is 0 Å². The number of likely N-dealkylation sites (tertiary alicyclic amines) is 2. The van der Waals surface area contributed by atoms with Crippen molar-refractivity contribution in [2.45, 2.75) is 75.9 Å². The van der Waals surface area contributed by atoms with Crippen LogP contribution in [0.4, 0.5) is 5.69 Å². The van der Waals surface area contributed by atoms with Gasteiger partial charge in [-0.2, -0.15) is 0 Å². The highest BCUT2D eigenvalue weighted by atomic mass is 16.4. The molecule has 1 saturated carbocycles. The zero-order valence-corrected chi connectivity index (χ0v) is 17.9. The predicted molar refractivity (Wildman–Crippen MR) is 118 cm³/mol. The zero-order chi connectivity index (χ0) is 20.9. The molecule has 2 saturated heterocycles. The molecule has 0 unspecified atom stereocenters. The highest BCUT2D eigenvalue weighted by Crippen LogP contribution is 2.29. The van der Waals surface area contributed by atoms with Crippen molar-refractivity contribution in [1.29, 1.82) is 0 Å². The van der Waals surface area contributed by atoms with Crippen molar-refractivity contribution in [2.24, 2.45) is 0 Å². The summed E-state index contributed by atoms with van der Waals surface area (Å²) in [6, 6.07) is 10.6. The highest BCUT2D eigenvalue weighted by molar-refractivity contribution is 5.87. The molecule has 0 aromatic heterocycles. The number of rotatable bonds is 6. The number of amides is 1. The van der Waals surface area contributed by atoms with Crippen molar-refractivity contribution >= 4 is 17.6 Å². The normalized spacial score (nSPS) is 24.1. The summed E-state index contributed by atoms with van der Waals surface area (Å²) < 4.78 is 0. The van der Waals surface area contributed by atoms with E-state index in [0.29, 0.717) is 19.0 Å². The van der Waals surface area contributed by atoms with Gasteiger partial charge in [0.25, 0.3) is 0 Å². The molecule has 1 N–H and O–H groups in total. The minimum atomic E-state index is -0.882. The number of carboxylic acids is 1. The Balaban J connectivity index is 1.43. The maximum absolute atomic E-state index is 13.1. The largest absolute Gasteiger partial charge is 0.480 e. The standard InChI is InChI=1S/C24H35N3O3/c28-23(26-15-7-12-22(26)24(29)30)18-27(20-10-5-2-6-11-20)21-13-16-25(17-14-21)19-8-3-1-4-9-19/h2,5-6,10-11,19,21-22H,1,3-4,7-9,12-18H2,(H,29,30)/t22-/m0/s1. The van der Waals surface area contributed by atoms with Crippen molar-refractivity contribution in [1.82, 2.24) is 9.80 Å². The molecule has 6 heteroatoms. The first-order valence-corrected chi connectivity index (χ1v) is 11.7. The van der Waals surface area contributed by atoms with Crippen LogP contribution in [-0.2, 0) is 9.59 Å². The van der Waals surface area contributed by atoms with Gasteiger partial charge in [0.05, 0.1) is 6.54 Å². The summed E-state index contributed by atoms with van der Waals surface area (Å²) in [5.41, 5.74) is 1.06. The predicted octanol–water partition coefficient (Wildman–Crippen LogP) is 3.37. The van der Waals surface area contributed by atoms with Crippen LogP contribution < -0.4 is 4.90 Å². The molecule has 2 heterocycles.